The van der Waals surface area contributed by atoms with Crippen LogP contribution in [0.25, 0.3) is 0 Å². The molecular weight excluding hydrogens is 340 g/mol. The lowest BCUT2D eigenvalue weighted by atomic mass is 9.92. The van der Waals surface area contributed by atoms with Crippen molar-refractivity contribution in [3.05, 3.63) is 41.6 Å². The van der Waals surface area contributed by atoms with Gasteiger partial charge in [0.25, 0.3) is 0 Å². The van der Waals surface area contributed by atoms with Gasteiger partial charge in [-0.15, -0.1) is 5.10 Å². The third-order valence-electron chi connectivity index (χ3n) is 5.00. The lowest BCUT2D eigenvalue weighted by molar-refractivity contribution is 0.245. The summed E-state index contributed by atoms with van der Waals surface area (Å²) in [6, 6.07) is 10.1. The Hall–Kier alpha value is -2.34. The molecule has 1 aliphatic rings. The maximum absolute atomic E-state index is 5.50. The summed E-state index contributed by atoms with van der Waals surface area (Å²) in [5, 5.41) is 8.87. The molecule has 0 atom stereocenters. The van der Waals surface area contributed by atoms with Gasteiger partial charge in [-0.2, -0.15) is 5.10 Å². The molecule has 1 aromatic heterocycles. The Morgan fingerprint density at radius 1 is 0.926 bits per heavy atom. The van der Waals surface area contributed by atoms with Crippen LogP contribution in [0.1, 0.15) is 32.0 Å². The molecule has 6 nitrogen and oxygen atoms in total. The zero-order valence-corrected chi connectivity index (χ0v) is 17.0. The summed E-state index contributed by atoms with van der Waals surface area (Å²) in [4.78, 5) is 4.74. The number of hydrogen-bond acceptors (Lipinski definition) is 6. The number of benzene rings is 1. The highest BCUT2D eigenvalue weighted by molar-refractivity contribution is 5.41. The first-order chi connectivity index (χ1) is 12.9. The molecule has 0 saturated carbocycles. The summed E-state index contributed by atoms with van der Waals surface area (Å²) in [6.07, 6.45) is 0. The Bertz CT molecular complexity index is 748. The van der Waals surface area contributed by atoms with Gasteiger partial charge in [0.2, 0.25) is 0 Å². The second kappa shape index (κ2) is 8.13. The second-order valence-corrected chi connectivity index (χ2v) is 7.97. The molecule has 27 heavy (non-hydrogen) atoms. The van der Waals surface area contributed by atoms with Gasteiger partial charge < -0.3 is 14.4 Å². The molecular formula is C21H30N4O2. The topological polar surface area (TPSA) is 50.7 Å². The van der Waals surface area contributed by atoms with Gasteiger partial charge in [0, 0.05) is 43.7 Å². The van der Waals surface area contributed by atoms with Crippen molar-refractivity contribution in [3.8, 4) is 11.5 Å². The summed E-state index contributed by atoms with van der Waals surface area (Å²) in [5.74, 6) is 2.72. The fraction of sp³-hybridized carbons (Fsp3) is 0.524. The molecule has 0 radical (unpaired) electrons. The van der Waals surface area contributed by atoms with E-state index in [2.05, 4.69) is 59.0 Å². The van der Waals surface area contributed by atoms with E-state index in [1.807, 2.05) is 12.1 Å². The Balaban J connectivity index is 1.61. The number of ether oxygens (including phenoxy) is 2. The van der Waals surface area contributed by atoms with E-state index in [0.717, 1.165) is 61.3 Å². The lowest BCUT2D eigenvalue weighted by Gasteiger charge is -2.35. The van der Waals surface area contributed by atoms with E-state index >= 15 is 0 Å². The van der Waals surface area contributed by atoms with Crippen LogP contribution in [0.4, 0.5) is 5.82 Å². The van der Waals surface area contributed by atoms with E-state index in [1.165, 1.54) is 0 Å². The van der Waals surface area contributed by atoms with Crippen LogP contribution in [0.3, 0.4) is 0 Å². The predicted molar refractivity (Wildman–Crippen MR) is 108 cm³/mol. The lowest BCUT2D eigenvalue weighted by Crippen LogP contribution is -2.46. The van der Waals surface area contributed by atoms with Gasteiger partial charge in [-0.25, -0.2) is 0 Å². The first-order valence-electron chi connectivity index (χ1n) is 9.43. The standard InChI is InChI=1S/C21H30N4O2/c1-21(2,3)19-8-9-20(23-22-19)25-12-10-24(11-13-25)15-16-14-17(26-4)6-7-18(16)27-5/h6-9,14H,10-13,15H2,1-5H3. The maximum Gasteiger partial charge on any atom is 0.151 e. The maximum atomic E-state index is 5.50. The zero-order chi connectivity index (χ0) is 19.4. The molecule has 0 unspecified atom stereocenters. The molecule has 1 aliphatic heterocycles. The van der Waals surface area contributed by atoms with Crippen molar-refractivity contribution >= 4 is 5.82 Å². The molecule has 0 aliphatic carbocycles. The number of aromatic nitrogens is 2. The Labute approximate surface area is 162 Å². The summed E-state index contributed by atoms with van der Waals surface area (Å²) in [6.45, 7) is 11.1. The zero-order valence-electron chi connectivity index (χ0n) is 17.0. The van der Waals surface area contributed by atoms with Crippen molar-refractivity contribution < 1.29 is 9.47 Å². The fourth-order valence-corrected chi connectivity index (χ4v) is 3.28. The molecule has 146 valence electrons. The average molecular weight is 370 g/mol. The predicted octanol–water partition coefficient (Wildman–Crippen LogP) is 3.11. The average Bonchev–Trinajstić information content (AvgIpc) is 2.68. The monoisotopic (exact) mass is 370 g/mol. The molecule has 2 heterocycles. The Morgan fingerprint density at radius 3 is 2.22 bits per heavy atom. The molecule has 1 aromatic carbocycles. The van der Waals surface area contributed by atoms with Gasteiger partial charge in [-0.05, 0) is 30.3 Å². The highest BCUT2D eigenvalue weighted by Crippen LogP contribution is 2.26. The molecule has 1 fully saturated rings. The summed E-state index contributed by atoms with van der Waals surface area (Å²) < 4.78 is 10.9. The van der Waals surface area contributed by atoms with Crippen LogP contribution in [0.15, 0.2) is 30.3 Å². The van der Waals surface area contributed by atoms with Crippen LogP contribution >= 0.6 is 0 Å². The van der Waals surface area contributed by atoms with Crippen molar-refractivity contribution in [2.45, 2.75) is 32.7 Å². The first kappa shape index (κ1) is 19.4. The van der Waals surface area contributed by atoms with Crippen molar-refractivity contribution in [2.75, 3.05) is 45.3 Å². The van der Waals surface area contributed by atoms with Gasteiger partial charge in [0.05, 0.1) is 19.9 Å². The van der Waals surface area contributed by atoms with Crippen LogP contribution < -0.4 is 14.4 Å². The second-order valence-electron chi connectivity index (χ2n) is 7.97. The number of piperazine rings is 1. The van der Waals surface area contributed by atoms with E-state index in [0.29, 0.717) is 0 Å². The highest BCUT2D eigenvalue weighted by Gasteiger charge is 2.21. The smallest absolute Gasteiger partial charge is 0.151 e. The quantitative estimate of drug-likeness (QED) is 0.806. The van der Waals surface area contributed by atoms with E-state index < -0.39 is 0 Å². The van der Waals surface area contributed by atoms with E-state index in [4.69, 9.17) is 9.47 Å². The number of nitrogens with zero attached hydrogens (tertiary/aromatic N) is 4. The van der Waals surface area contributed by atoms with Gasteiger partial charge in [0.1, 0.15) is 11.5 Å². The van der Waals surface area contributed by atoms with Crippen LogP contribution in [0.5, 0.6) is 11.5 Å². The minimum atomic E-state index is 0.0278. The number of hydrogen-bond donors (Lipinski definition) is 0. The van der Waals surface area contributed by atoms with Crippen LogP contribution in [0.2, 0.25) is 0 Å². The molecule has 0 bridgehead atoms. The minimum absolute atomic E-state index is 0.0278. The van der Waals surface area contributed by atoms with Crippen molar-refractivity contribution in [3.63, 3.8) is 0 Å². The van der Waals surface area contributed by atoms with Gasteiger partial charge >= 0.3 is 0 Å². The minimum Gasteiger partial charge on any atom is -0.497 e. The molecule has 1 saturated heterocycles. The molecule has 0 N–H and O–H groups in total. The number of anilines is 1. The third-order valence-corrected chi connectivity index (χ3v) is 5.00. The van der Waals surface area contributed by atoms with E-state index in [9.17, 15) is 0 Å². The van der Waals surface area contributed by atoms with E-state index in [1.54, 1.807) is 14.2 Å². The normalized spacial score (nSPS) is 15.7. The summed E-state index contributed by atoms with van der Waals surface area (Å²) in [7, 11) is 3.40. The molecule has 0 amide bonds. The first-order valence-corrected chi connectivity index (χ1v) is 9.43. The third kappa shape index (κ3) is 4.69. The van der Waals surface area contributed by atoms with Gasteiger partial charge in [-0.3, -0.25) is 4.90 Å². The Kier molecular flexibility index (Phi) is 5.85. The van der Waals surface area contributed by atoms with Crippen LogP contribution in [-0.4, -0.2) is 55.5 Å². The largest absolute Gasteiger partial charge is 0.497 e. The SMILES string of the molecule is COc1ccc(OC)c(CN2CCN(c3ccc(C(C)(C)C)nn3)CC2)c1. The Morgan fingerprint density at radius 2 is 1.67 bits per heavy atom. The molecule has 2 aromatic rings. The van der Waals surface area contributed by atoms with Crippen molar-refractivity contribution in [1.29, 1.82) is 0 Å². The summed E-state index contributed by atoms with van der Waals surface area (Å²) >= 11 is 0. The molecule has 0 spiro atoms. The number of rotatable bonds is 5. The van der Waals surface area contributed by atoms with Gasteiger partial charge in [0.15, 0.2) is 5.82 Å². The number of methoxy groups -OCH3 is 2. The molecule has 3 rings (SSSR count). The molecule has 6 heteroatoms. The van der Waals surface area contributed by atoms with Crippen LogP contribution in [-0.2, 0) is 12.0 Å². The van der Waals surface area contributed by atoms with Crippen molar-refractivity contribution in [1.82, 2.24) is 15.1 Å². The van der Waals surface area contributed by atoms with Gasteiger partial charge in [-0.1, -0.05) is 20.8 Å². The van der Waals surface area contributed by atoms with Crippen LogP contribution in [0, 0.1) is 0 Å². The van der Waals surface area contributed by atoms with E-state index in [-0.39, 0.29) is 5.41 Å². The fourth-order valence-electron chi connectivity index (χ4n) is 3.28. The van der Waals surface area contributed by atoms with Crippen molar-refractivity contribution in [2.24, 2.45) is 0 Å². The highest BCUT2D eigenvalue weighted by atomic mass is 16.5. The summed E-state index contributed by atoms with van der Waals surface area (Å²) in [5.41, 5.74) is 2.20.